The second-order valence-corrected chi connectivity index (χ2v) is 9.55. The predicted octanol–water partition coefficient (Wildman–Crippen LogP) is 3.60. The van der Waals surface area contributed by atoms with Crippen LogP contribution in [0, 0.1) is 0 Å². The molecule has 0 unspecified atom stereocenters. The van der Waals surface area contributed by atoms with Gasteiger partial charge in [0.1, 0.15) is 11.6 Å². The third-order valence-electron chi connectivity index (χ3n) is 3.40. The highest BCUT2D eigenvalue weighted by atomic mass is 32.2. The van der Waals surface area contributed by atoms with Gasteiger partial charge in [-0.25, -0.2) is 0 Å². The van der Waals surface area contributed by atoms with Crippen LogP contribution in [0.3, 0.4) is 0 Å². The quantitative estimate of drug-likeness (QED) is 0.518. The lowest BCUT2D eigenvalue weighted by Crippen LogP contribution is -2.28. The van der Waals surface area contributed by atoms with E-state index in [1.165, 1.54) is 23.5 Å². The number of carbonyl (C=O) groups is 4. The van der Waals surface area contributed by atoms with Crippen molar-refractivity contribution in [1.29, 1.82) is 0 Å². The standard InChI is InChI=1S/C10H18O3S.C8H14O3S/c1-5-8(11)10(3,4)14-7-9(12)13-6-2;1-4-6(9)8(2,3)12-5-7(10)11/h5-7H2,1-4H3;4-5H2,1-3H3,(H,10,11). The van der Waals surface area contributed by atoms with Crippen molar-refractivity contribution in [3.8, 4) is 0 Å². The average Bonchev–Trinajstić information content (AvgIpc) is 2.57. The van der Waals surface area contributed by atoms with Gasteiger partial charge in [0, 0.05) is 12.8 Å². The normalized spacial score (nSPS) is 11.2. The molecule has 0 saturated carbocycles. The number of rotatable bonds is 11. The Morgan fingerprint density at radius 1 is 0.808 bits per heavy atom. The summed E-state index contributed by atoms with van der Waals surface area (Å²) >= 11 is 2.51. The van der Waals surface area contributed by atoms with Gasteiger partial charge in [0.2, 0.25) is 0 Å². The first-order valence-corrected chi connectivity index (χ1v) is 10.5. The van der Waals surface area contributed by atoms with Crippen LogP contribution in [0.25, 0.3) is 0 Å². The van der Waals surface area contributed by atoms with E-state index in [2.05, 4.69) is 0 Å². The van der Waals surface area contributed by atoms with Gasteiger partial charge < -0.3 is 9.84 Å². The molecule has 0 bridgehead atoms. The molecule has 0 radical (unpaired) electrons. The molecule has 152 valence electrons. The maximum absolute atomic E-state index is 11.4. The van der Waals surface area contributed by atoms with Crippen molar-refractivity contribution >= 4 is 47.0 Å². The molecule has 1 N–H and O–H groups in total. The largest absolute Gasteiger partial charge is 0.481 e. The summed E-state index contributed by atoms with van der Waals surface area (Å²) in [4.78, 5) is 43.9. The van der Waals surface area contributed by atoms with Crippen LogP contribution in [-0.4, -0.2) is 56.2 Å². The van der Waals surface area contributed by atoms with Gasteiger partial charge in [0.25, 0.3) is 0 Å². The van der Waals surface area contributed by atoms with Gasteiger partial charge in [-0.15, -0.1) is 23.5 Å². The SMILES string of the molecule is CCC(=O)C(C)(C)SCC(=O)O.CCOC(=O)CSC(C)(C)C(=O)CC. The van der Waals surface area contributed by atoms with Crippen LogP contribution < -0.4 is 0 Å². The molecule has 0 rings (SSSR count). The summed E-state index contributed by atoms with van der Waals surface area (Å²) in [6.07, 6.45) is 0.961. The van der Waals surface area contributed by atoms with Crippen molar-refractivity contribution in [3.05, 3.63) is 0 Å². The van der Waals surface area contributed by atoms with E-state index >= 15 is 0 Å². The van der Waals surface area contributed by atoms with Gasteiger partial charge in [-0.3, -0.25) is 19.2 Å². The van der Waals surface area contributed by atoms with Crippen LogP contribution in [0.15, 0.2) is 0 Å². The van der Waals surface area contributed by atoms with Gasteiger partial charge in [-0.05, 0) is 34.6 Å². The molecular formula is C18H32O6S2. The number of thioether (sulfide) groups is 2. The van der Waals surface area contributed by atoms with Gasteiger partial charge in [-0.1, -0.05) is 13.8 Å². The molecule has 0 aliphatic rings. The second-order valence-electron chi connectivity index (χ2n) is 6.35. The Balaban J connectivity index is 0. The first-order valence-electron chi connectivity index (χ1n) is 8.55. The summed E-state index contributed by atoms with van der Waals surface area (Å²) in [5.41, 5.74) is 0. The Bertz CT molecular complexity index is 486. The average molecular weight is 409 g/mol. The zero-order valence-corrected chi connectivity index (χ0v) is 18.5. The first kappa shape index (κ1) is 27.2. The smallest absolute Gasteiger partial charge is 0.315 e. The Kier molecular flexibility index (Phi) is 13.8. The van der Waals surface area contributed by atoms with E-state index in [4.69, 9.17) is 9.84 Å². The summed E-state index contributed by atoms with van der Waals surface area (Å²) in [5.74, 6) is -0.655. The van der Waals surface area contributed by atoms with E-state index in [9.17, 15) is 19.2 Å². The molecule has 0 aromatic rings. The number of hydrogen-bond acceptors (Lipinski definition) is 7. The Morgan fingerprint density at radius 3 is 1.50 bits per heavy atom. The van der Waals surface area contributed by atoms with Gasteiger partial charge in [0.15, 0.2) is 0 Å². The number of aliphatic carboxylic acids is 1. The van der Waals surface area contributed by atoms with Crippen LogP contribution >= 0.6 is 23.5 Å². The molecule has 8 heteroatoms. The molecular weight excluding hydrogens is 376 g/mol. The van der Waals surface area contributed by atoms with Crippen molar-refractivity contribution in [2.24, 2.45) is 0 Å². The molecule has 0 aromatic heterocycles. The molecule has 0 saturated heterocycles. The molecule has 0 spiro atoms. The molecule has 26 heavy (non-hydrogen) atoms. The topological polar surface area (TPSA) is 97.7 Å². The van der Waals surface area contributed by atoms with Crippen LogP contribution in [0.1, 0.15) is 61.3 Å². The van der Waals surface area contributed by atoms with Crippen molar-refractivity contribution in [1.82, 2.24) is 0 Å². The fraction of sp³-hybridized carbons (Fsp3) is 0.778. The Labute approximate surface area is 165 Å². The Hall–Kier alpha value is -1.02. The van der Waals surface area contributed by atoms with Gasteiger partial charge >= 0.3 is 11.9 Å². The van der Waals surface area contributed by atoms with Crippen molar-refractivity contribution in [3.63, 3.8) is 0 Å². The number of carboxylic acid groups (broad SMARTS) is 1. The van der Waals surface area contributed by atoms with Crippen LogP contribution in [0.4, 0.5) is 0 Å². The van der Waals surface area contributed by atoms with E-state index in [0.717, 1.165) is 0 Å². The fourth-order valence-electron chi connectivity index (χ4n) is 1.70. The highest BCUT2D eigenvalue weighted by Crippen LogP contribution is 2.27. The molecule has 6 nitrogen and oxygen atoms in total. The lowest BCUT2D eigenvalue weighted by molar-refractivity contribution is -0.140. The number of carbonyl (C=O) groups excluding carboxylic acids is 3. The van der Waals surface area contributed by atoms with Gasteiger partial charge in [-0.2, -0.15) is 0 Å². The monoisotopic (exact) mass is 408 g/mol. The lowest BCUT2D eigenvalue weighted by Gasteiger charge is -2.20. The molecule has 0 aliphatic heterocycles. The molecule has 0 atom stereocenters. The van der Waals surface area contributed by atoms with Crippen molar-refractivity contribution in [2.45, 2.75) is 70.8 Å². The predicted molar refractivity (Wildman–Crippen MR) is 108 cm³/mol. The molecule has 0 heterocycles. The number of Topliss-reactive ketones (excluding diaryl/α,β-unsaturated/α-hetero) is 2. The zero-order chi connectivity index (χ0) is 21.0. The van der Waals surface area contributed by atoms with Crippen molar-refractivity contribution in [2.75, 3.05) is 18.1 Å². The number of carboxylic acids is 1. The summed E-state index contributed by atoms with van der Waals surface area (Å²) in [7, 11) is 0. The number of ketones is 2. The Morgan fingerprint density at radius 2 is 1.19 bits per heavy atom. The van der Waals surface area contributed by atoms with E-state index in [-0.39, 0.29) is 29.0 Å². The van der Waals surface area contributed by atoms with Crippen LogP contribution in [-0.2, 0) is 23.9 Å². The molecule has 0 aromatic carbocycles. The van der Waals surface area contributed by atoms with E-state index in [0.29, 0.717) is 19.4 Å². The first-order chi connectivity index (χ1) is 11.8. The lowest BCUT2D eigenvalue weighted by atomic mass is 10.1. The third kappa shape index (κ3) is 12.4. The minimum Gasteiger partial charge on any atom is -0.481 e. The molecule has 0 aliphatic carbocycles. The second kappa shape index (κ2) is 13.2. The summed E-state index contributed by atoms with van der Waals surface area (Å²) in [5, 5.41) is 8.40. The van der Waals surface area contributed by atoms with E-state index in [1.807, 2.05) is 20.8 Å². The minimum absolute atomic E-state index is 0.0151. The number of ether oxygens (including phenoxy) is 1. The molecule has 0 amide bonds. The highest BCUT2D eigenvalue weighted by Gasteiger charge is 2.27. The molecule has 0 fully saturated rings. The maximum Gasteiger partial charge on any atom is 0.315 e. The fourth-order valence-corrected chi connectivity index (χ4v) is 3.35. The van der Waals surface area contributed by atoms with Gasteiger partial charge in [0.05, 0.1) is 27.6 Å². The van der Waals surface area contributed by atoms with Crippen LogP contribution in [0.2, 0.25) is 0 Å². The van der Waals surface area contributed by atoms with Crippen LogP contribution in [0.5, 0.6) is 0 Å². The minimum atomic E-state index is -0.878. The van der Waals surface area contributed by atoms with Crippen molar-refractivity contribution < 1.29 is 29.0 Å². The summed E-state index contributed by atoms with van der Waals surface area (Å²) in [6.45, 7) is 13.0. The summed E-state index contributed by atoms with van der Waals surface area (Å²) in [6, 6.07) is 0. The third-order valence-corrected chi connectivity index (χ3v) is 6.07. The zero-order valence-electron chi connectivity index (χ0n) is 16.8. The number of hydrogen-bond donors (Lipinski definition) is 1. The van der Waals surface area contributed by atoms with E-state index < -0.39 is 15.5 Å². The number of esters is 1. The summed E-state index contributed by atoms with van der Waals surface area (Å²) < 4.78 is 3.73. The maximum atomic E-state index is 11.4. The van der Waals surface area contributed by atoms with E-state index in [1.54, 1.807) is 27.7 Å². The highest BCUT2D eigenvalue weighted by molar-refractivity contribution is 8.02.